The molecule has 43 heavy (non-hydrogen) atoms. The lowest BCUT2D eigenvalue weighted by atomic mass is 10.0. The van der Waals surface area contributed by atoms with E-state index >= 15 is 4.39 Å². The number of halogens is 3. The van der Waals surface area contributed by atoms with Crippen molar-refractivity contribution in [2.75, 3.05) is 10.2 Å². The highest BCUT2D eigenvalue weighted by atomic mass is 35.5. The number of nitrogens with two attached hydrogens (primary N) is 1. The number of aromatic nitrogens is 5. The van der Waals surface area contributed by atoms with Crippen LogP contribution in [0.2, 0.25) is 5.02 Å². The molecule has 5 heterocycles. The predicted molar refractivity (Wildman–Crippen MR) is 153 cm³/mol. The number of hydrogen-bond donors (Lipinski definition) is 3. The van der Waals surface area contributed by atoms with Crippen molar-refractivity contribution >= 4 is 46.0 Å². The fourth-order valence-electron chi connectivity index (χ4n) is 5.01. The molecule has 12 nitrogen and oxygen atoms in total. The summed E-state index contributed by atoms with van der Waals surface area (Å²) in [6.45, 7) is 0.774. The molecule has 1 aliphatic heterocycles. The van der Waals surface area contributed by atoms with Gasteiger partial charge in [0.1, 0.15) is 18.0 Å². The van der Waals surface area contributed by atoms with Gasteiger partial charge >= 0.3 is 0 Å². The molecule has 0 aliphatic carbocycles. The van der Waals surface area contributed by atoms with Gasteiger partial charge in [0.15, 0.2) is 11.6 Å². The summed E-state index contributed by atoms with van der Waals surface area (Å²) < 4.78 is 32.0. The number of pyridine rings is 2. The number of benzene rings is 1. The Balaban J connectivity index is 1.34. The summed E-state index contributed by atoms with van der Waals surface area (Å²) >= 11 is 6.34. The van der Waals surface area contributed by atoms with Crippen molar-refractivity contribution in [2.45, 2.75) is 19.6 Å². The maximum absolute atomic E-state index is 15.1. The van der Waals surface area contributed by atoms with Gasteiger partial charge in [-0.3, -0.25) is 19.4 Å². The highest BCUT2D eigenvalue weighted by Crippen LogP contribution is 2.36. The molecule has 218 valence electrons. The van der Waals surface area contributed by atoms with Gasteiger partial charge in [0.25, 0.3) is 11.5 Å². The molecule has 0 saturated carbocycles. The van der Waals surface area contributed by atoms with Crippen LogP contribution >= 0.6 is 11.6 Å². The van der Waals surface area contributed by atoms with E-state index in [1.54, 1.807) is 18.5 Å². The molecule has 15 heteroatoms. The maximum Gasteiger partial charge on any atom is 0.263 e. The van der Waals surface area contributed by atoms with Gasteiger partial charge in [-0.25, -0.2) is 14.4 Å². The first-order valence-electron chi connectivity index (χ1n) is 12.7. The lowest BCUT2D eigenvalue weighted by Gasteiger charge is -2.18. The number of carbonyl (C=O) groups is 2. The fraction of sp³-hybridized carbons (Fsp3) is 0.143. The number of rotatable bonds is 6. The summed E-state index contributed by atoms with van der Waals surface area (Å²) in [6.07, 6.45) is 7.36. The van der Waals surface area contributed by atoms with Crippen molar-refractivity contribution in [3.05, 3.63) is 93.0 Å². The summed E-state index contributed by atoms with van der Waals surface area (Å²) in [6, 6.07) is 4.40. The minimum atomic E-state index is -1.72. The van der Waals surface area contributed by atoms with E-state index < -0.39 is 52.4 Å². The third kappa shape index (κ3) is 4.80. The Morgan fingerprint density at radius 3 is 2.63 bits per heavy atom. The number of hydrogen-bond acceptors (Lipinski definition) is 8. The first-order valence-corrected chi connectivity index (χ1v) is 13.1. The fourth-order valence-corrected chi connectivity index (χ4v) is 5.16. The number of nitrogens with zero attached hydrogens (tertiary/aromatic N) is 6. The smallest absolute Gasteiger partial charge is 0.263 e. The Bertz CT molecular complexity index is 2020. The van der Waals surface area contributed by atoms with Crippen molar-refractivity contribution in [2.24, 2.45) is 12.8 Å². The molecule has 1 aliphatic rings. The molecule has 0 saturated heterocycles. The molecule has 5 aromatic rings. The second kappa shape index (κ2) is 10.5. The van der Waals surface area contributed by atoms with Crippen molar-refractivity contribution in [3.63, 3.8) is 0 Å². The van der Waals surface area contributed by atoms with Gasteiger partial charge in [0.2, 0.25) is 11.7 Å². The monoisotopic (exact) mass is 606 g/mol. The number of primary amides is 1. The van der Waals surface area contributed by atoms with Crippen LogP contribution in [0.4, 0.5) is 20.3 Å². The SMILES string of the molecule is Cn1cnc2c(c(-c3cc(C(N)=O)c(O)c(F)c3F)cn2CC(=O)Nc2cc(N3Cc4ccncc4C3)ncc2Cl)c1=O. The Morgan fingerprint density at radius 2 is 1.88 bits per heavy atom. The number of nitrogens with one attached hydrogen (secondary N) is 1. The molecule has 0 unspecified atom stereocenters. The summed E-state index contributed by atoms with van der Waals surface area (Å²) in [4.78, 5) is 52.9. The largest absolute Gasteiger partial charge is 0.504 e. The third-order valence-corrected chi connectivity index (χ3v) is 7.46. The second-order valence-electron chi connectivity index (χ2n) is 9.91. The molecule has 0 spiro atoms. The van der Waals surface area contributed by atoms with E-state index in [1.807, 2.05) is 11.0 Å². The number of aryl methyl sites for hydroxylation is 1. The Labute approximate surface area is 246 Å². The van der Waals surface area contributed by atoms with E-state index in [1.165, 1.54) is 30.3 Å². The summed E-state index contributed by atoms with van der Waals surface area (Å²) in [5.74, 6) is -5.71. The first-order chi connectivity index (χ1) is 20.5. The van der Waals surface area contributed by atoms with Crippen molar-refractivity contribution in [1.82, 2.24) is 24.1 Å². The predicted octanol–water partition coefficient (Wildman–Crippen LogP) is 3.09. The number of phenols is 1. The molecule has 0 fully saturated rings. The van der Waals surface area contributed by atoms with Gasteiger partial charge in [-0.15, -0.1) is 0 Å². The molecular weight excluding hydrogens is 586 g/mol. The zero-order chi connectivity index (χ0) is 30.6. The van der Waals surface area contributed by atoms with Crippen LogP contribution in [-0.4, -0.2) is 41.0 Å². The van der Waals surface area contributed by atoms with Crippen molar-refractivity contribution in [3.8, 4) is 16.9 Å². The van der Waals surface area contributed by atoms with Crippen LogP contribution in [0.5, 0.6) is 5.75 Å². The van der Waals surface area contributed by atoms with Gasteiger partial charge in [0, 0.05) is 55.9 Å². The average Bonchev–Trinajstić information content (AvgIpc) is 3.57. The van der Waals surface area contributed by atoms with E-state index in [-0.39, 0.29) is 27.3 Å². The quantitative estimate of drug-likeness (QED) is 0.266. The summed E-state index contributed by atoms with van der Waals surface area (Å²) in [5, 5.41) is 12.6. The van der Waals surface area contributed by atoms with Crippen LogP contribution < -0.4 is 21.5 Å². The minimum Gasteiger partial charge on any atom is -0.504 e. The second-order valence-corrected chi connectivity index (χ2v) is 10.3. The van der Waals surface area contributed by atoms with Gasteiger partial charge in [0.05, 0.1) is 34.2 Å². The highest BCUT2D eigenvalue weighted by Gasteiger charge is 2.26. The zero-order valence-corrected chi connectivity index (χ0v) is 23.1. The molecule has 0 radical (unpaired) electrons. The normalized spacial score (nSPS) is 12.5. The summed E-state index contributed by atoms with van der Waals surface area (Å²) in [7, 11) is 1.41. The maximum atomic E-state index is 15.1. The lowest BCUT2D eigenvalue weighted by molar-refractivity contribution is -0.116. The standard InChI is InChI=1S/C28H21ClF2N8O4/c1-37-12-35-27-22(28(37)43)17(15-4-16(26(32)42)25(41)24(31)23(15)30)10-39(27)11-21(40)36-19-5-20(34-7-18(19)29)38-8-13-2-3-33-6-14(13)9-38/h2-7,10,12,41H,8-9,11H2,1H3,(H2,32,42)(H,34,36,40). The van der Waals surface area contributed by atoms with Crippen LogP contribution in [0.3, 0.4) is 0 Å². The zero-order valence-electron chi connectivity index (χ0n) is 22.3. The van der Waals surface area contributed by atoms with Gasteiger partial charge < -0.3 is 30.2 Å². The van der Waals surface area contributed by atoms with E-state index in [0.717, 1.165) is 21.8 Å². The Kier molecular flexibility index (Phi) is 6.77. The number of amides is 2. The van der Waals surface area contributed by atoms with Crippen LogP contribution in [0.1, 0.15) is 21.5 Å². The number of anilines is 2. The van der Waals surface area contributed by atoms with E-state index in [9.17, 15) is 23.9 Å². The van der Waals surface area contributed by atoms with Crippen LogP contribution in [0, 0.1) is 11.6 Å². The molecule has 0 bridgehead atoms. The topological polar surface area (TPSA) is 161 Å². The van der Waals surface area contributed by atoms with E-state index in [4.69, 9.17) is 17.3 Å². The molecule has 2 amide bonds. The van der Waals surface area contributed by atoms with Gasteiger partial charge in [-0.1, -0.05) is 11.6 Å². The van der Waals surface area contributed by atoms with E-state index in [2.05, 4.69) is 20.3 Å². The van der Waals surface area contributed by atoms with Crippen molar-refractivity contribution in [1.29, 1.82) is 0 Å². The number of aromatic hydroxyl groups is 1. The van der Waals surface area contributed by atoms with Crippen molar-refractivity contribution < 1.29 is 23.5 Å². The molecule has 0 atom stereocenters. The number of carbonyl (C=O) groups excluding carboxylic acids is 2. The van der Waals surface area contributed by atoms with Gasteiger partial charge in [-0.2, -0.15) is 4.39 Å². The molecule has 4 aromatic heterocycles. The Hall–Kier alpha value is -5.37. The Morgan fingerprint density at radius 1 is 1.12 bits per heavy atom. The van der Waals surface area contributed by atoms with Crippen LogP contribution in [-0.2, 0) is 31.5 Å². The van der Waals surface area contributed by atoms with Crippen LogP contribution in [0.15, 0.2) is 54.1 Å². The molecule has 4 N–H and O–H groups in total. The first kappa shape index (κ1) is 27.8. The molecule has 1 aromatic carbocycles. The molecule has 6 rings (SSSR count). The lowest BCUT2D eigenvalue weighted by Crippen LogP contribution is -2.21. The van der Waals surface area contributed by atoms with E-state index in [0.29, 0.717) is 18.9 Å². The third-order valence-electron chi connectivity index (χ3n) is 7.15. The van der Waals surface area contributed by atoms with Gasteiger partial charge in [-0.05, 0) is 23.3 Å². The average molecular weight is 607 g/mol. The van der Waals surface area contributed by atoms with Crippen LogP contribution in [0.25, 0.3) is 22.2 Å². The highest BCUT2D eigenvalue weighted by molar-refractivity contribution is 6.33. The summed E-state index contributed by atoms with van der Waals surface area (Å²) in [5.41, 5.74) is 5.67. The number of fused-ring (bicyclic) bond motifs is 2. The minimum absolute atomic E-state index is 0.00767. The molecular formula is C28H21ClF2N8O4.